The second kappa shape index (κ2) is 6.86. The lowest BCUT2D eigenvalue weighted by atomic mass is 10.2. The molecule has 19 heavy (non-hydrogen) atoms. The third-order valence-corrected chi connectivity index (χ3v) is 3.77. The molecule has 1 atom stereocenters. The van der Waals surface area contributed by atoms with Crippen LogP contribution in [0.15, 0.2) is 24.3 Å². The average Bonchev–Trinajstić information content (AvgIpc) is 2.25. The van der Waals surface area contributed by atoms with Gasteiger partial charge < -0.3 is 10.6 Å². The summed E-state index contributed by atoms with van der Waals surface area (Å²) in [5.74, 6) is 0.161. The molecule has 0 unspecified atom stereocenters. The molecular formula is C13H20N2O2S2. The highest BCUT2D eigenvalue weighted by Crippen LogP contribution is 2.09. The van der Waals surface area contributed by atoms with Crippen molar-refractivity contribution in [3.63, 3.8) is 0 Å². The first-order chi connectivity index (χ1) is 8.76. The molecule has 1 aromatic rings. The first-order valence-corrected chi connectivity index (χ1v) is 8.55. The lowest BCUT2D eigenvalue weighted by molar-refractivity contribution is 0.585. The number of nitrogens with one attached hydrogen (secondary N) is 2. The fourth-order valence-electron chi connectivity index (χ4n) is 1.58. The molecule has 0 bridgehead atoms. The summed E-state index contributed by atoms with van der Waals surface area (Å²) in [7, 11) is -2.92. The second-order valence-corrected chi connectivity index (χ2v) is 7.46. The Balaban J connectivity index is 2.43. The third-order valence-electron chi connectivity index (χ3n) is 2.58. The van der Waals surface area contributed by atoms with Crippen LogP contribution in [0.3, 0.4) is 0 Å². The normalized spacial score (nSPS) is 12.8. The Labute approximate surface area is 120 Å². The maximum atomic E-state index is 11.1. The number of sulfone groups is 1. The van der Waals surface area contributed by atoms with Crippen molar-refractivity contribution in [1.82, 2.24) is 5.32 Å². The van der Waals surface area contributed by atoms with E-state index in [1.807, 2.05) is 38.1 Å². The molecule has 0 spiro atoms. The molecular weight excluding hydrogens is 280 g/mol. The van der Waals surface area contributed by atoms with Crippen LogP contribution in [0, 0.1) is 6.92 Å². The van der Waals surface area contributed by atoms with Gasteiger partial charge in [0.25, 0.3) is 0 Å². The van der Waals surface area contributed by atoms with Crippen molar-refractivity contribution >= 4 is 32.9 Å². The van der Waals surface area contributed by atoms with Crippen LogP contribution < -0.4 is 10.6 Å². The first kappa shape index (κ1) is 15.9. The summed E-state index contributed by atoms with van der Waals surface area (Å²) < 4.78 is 22.1. The van der Waals surface area contributed by atoms with Crippen LogP contribution in [0.4, 0.5) is 5.69 Å². The first-order valence-electron chi connectivity index (χ1n) is 6.08. The molecule has 0 saturated heterocycles. The van der Waals surface area contributed by atoms with Crippen LogP contribution in [-0.2, 0) is 9.84 Å². The summed E-state index contributed by atoms with van der Waals surface area (Å²) in [4.78, 5) is 0. The summed E-state index contributed by atoms with van der Waals surface area (Å²) in [5.41, 5.74) is 2.07. The minimum Gasteiger partial charge on any atom is -0.360 e. The third kappa shape index (κ3) is 7.12. The molecule has 4 nitrogen and oxygen atoms in total. The highest BCUT2D eigenvalue weighted by molar-refractivity contribution is 7.90. The molecule has 2 N–H and O–H groups in total. The van der Waals surface area contributed by atoms with E-state index < -0.39 is 9.84 Å². The van der Waals surface area contributed by atoms with E-state index >= 15 is 0 Å². The van der Waals surface area contributed by atoms with E-state index in [1.165, 1.54) is 6.26 Å². The Hall–Kier alpha value is -1.14. The highest BCUT2D eigenvalue weighted by Gasteiger charge is 2.08. The van der Waals surface area contributed by atoms with Crippen molar-refractivity contribution in [2.75, 3.05) is 17.3 Å². The molecule has 0 aliphatic heterocycles. The molecule has 106 valence electrons. The van der Waals surface area contributed by atoms with Gasteiger partial charge in [0, 0.05) is 18.0 Å². The maximum absolute atomic E-state index is 11.1. The van der Waals surface area contributed by atoms with Gasteiger partial charge in [-0.1, -0.05) is 12.1 Å². The molecule has 0 aliphatic carbocycles. The Kier molecular flexibility index (Phi) is 5.75. The Morgan fingerprint density at radius 3 is 2.68 bits per heavy atom. The predicted molar refractivity (Wildman–Crippen MR) is 84.3 cm³/mol. The van der Waals surface area contributed by atoms with Gasteiger partial charge in [0.15, 0.2) is 5.11 Å². The second-order valence-electron chi connectivity index (χ2n) is 4.79. The zero-order chi connectivity index (χ0) is 14.5. The van der Waals surface area contributed by atoms with Gasteiger partial charge in [0.05, 0.1) is 5.75 Å². The minimum atomic E-state index is -2.92. The van der Waals surface area contributed by atoms with Crippen molar-refractivity contribution in [3.05, 3.63) is 29.8 Å². The summed E-state index contributed by atoms with van der Waals surface area (Å²) in [5, 5.41) is 6.66. The van der Waals surface area contributed by atoms with Crippen molar-refractivity contribution in [2.24, 2.45) is 0 Å². The quantitative estimate of drug-likeness (QED) is 0.816. The fourth-order valence-corrected chi connectivity index (χ4v) is 2.68. The maximum Gasteiger partial charge on any atom is 0.170 e. The van der Waals surface area contributed by atoms with Crippen LogP contribution in [0.2, 0.25) is 0 Å². The van der Waals surface area contributed by atoms with Gasteiger partial charge in [-0.2, -0.15) is 0 Å². The Morgan fingerprint density at radius 1 is 1.42 bits per heavy atom. The van der Waals surface area contributed by atoms with E-state index in [2.05, 4.69) is 10.6 Å². The van der Waals surface area contributed by atoms with Crippen LogP contribution in [0.1, 0.15) is 18.9 Å². The highest BCUT2D eigenvalue weighted by atomic mass is 32.2. The lowest BCUT2D eigenvalue weighted by Crippen LogP contribution is -2.36. The molecule has 0 heterocycles. The van der Waals surface area contributed by atoms with Crippen LogP contribution in [0.5, 0.6) is 0 Å². The molecule has 0 aliphatic rings. The summed E-state index contributed by atoms with van der Waals surface area (Å²) in [6.45, 7) is 3.92. The molecule has 0 fully saturated rings. The predicted octanol–water partition coefficient (Wildman–Crippen LogP) is 2.10. The van der Waals surface area contributed by atoms with E-state index in [0.717, 1.165) is 11.3 Å². The van der Waals surface area contributed by atoms with Crippen molar-refractivity contribution in [3.8, 4) is 0 Å². The number of aryl methyl sites for hydroxylation is 1. The van der Waals surface area contributed by atoms with Crippen LogP contribution >= 0.6 is 12.2 Å². The standard InChI is InChI=1S/C13H20N2O2S2/c1-10-5-4-6-12(9-10)15-13(18)14-11(2)7-8-19(3,16)17/h4-6,9,11H,7-8H2,1-3H3,(H2,14,15,18)/t11-/m0/s1. The van der Waals surface area contributed by atoms with Crippen molar-refractivity contribution in [1.29, 1.82) is 0 Å². The van der Waals surface area contributed by atoms with Gasteiger partial charge in [-0.25, -0.2) is 8.42 Å². The number of anilines is 1. The van der Waals surface area contributed by atoms with Crippen LogP contribution in [-0.4, -0.2) is 31.6 Å². The van der Waals surface area contributed by atoms with Crippen molar-refractivity contribution in [2.45, 2.75) is 26.3 Å². The van der Waals surface area contributed by atoms with E-state index in [9.17, 15) is 8.42 Å². The largest absolute Gasteiger partial charge is 0.360 e. The summed E-state index contributed by atoms with van der Waals surface area (Å²) >= 11 is 5.19. The van der Waals surface area contributed by atoms with Gasteiger partial charge in [0.1, 0.15) is 9.84 Å². The van der Waals surface area contributed by atoms with Gasteiger partial charge in [-0.05, 0) is 50.2 Å². The lowest BCUT2D eigenvalue weighted by Gasteiger charge is -2.16. The van der Waals surface area contributed by atoms with Gasteiger partial charge >= 0.3 is 0 Å². The molecule has 6 heteroatoms. The monoisotopic (exact) mass is 300 g/mol. The molecule has 0 aromatic heterocycles. The van der Waals surface area contributed by atoms with Gasteiger partial charge in [-0.15, -0.1) is 0 Å². The van der Waals surface area contributed by atoms with E-state index in [0.29, 0.717) is 11.5 Å². The molecule has 1 rings (SSSR count). The summed E-state index contributed by atoms with van der Waals surface area (Å²) in [6, 6.07) is 7.90. The number of hydrogen-bond acceptors (Lipinski definition) is 3. The average molecular weight is 300 g/mol. The topological polar surface area (TPSA) is 58.2 Å². The van der Waals surface area contributed by atoms with Gasteiger partial charge in [0.2, 0.25) is 0 Å². The minimum absolute atomic E-state index is 0.0135. The molecule has 0 amide bonds. The van der Waals surface area contributed by atoms with E-state index in [-0.39, 0.29) is 11.8 Å². The number of rotatable bonds is 5. The Morgan fingerprint density at radius 2 is 2.11 bits per heavy atom. The molecule has 0 radical (unpaired) electrons. The fraction of sp³-hybridized carbons (Fsp3) is 0.462. The number of thiocarbonyl (C=S) groups is 1. The SMILES string of the molecule is Cc1cccc(NC(=S)N[C@@H](C)CCS(C)(=O)=O)c1. The number of benzene rings is 1. The van der Waals surface area contributed by atoms with Crippen molar-refractivity contribution < 1.29 is 8.42 Å². The van der Waals surface area contributed by atoms with Gasteiger partial charge in [-0.3, -0.25) is 0 Å². The number of hydrogen-bond donors (Lipinski definition) is 2. The van der Waals surface area contributed by atoms with E-state index in [1.54, 1.807) is 0 Å². The zero-order valence-electron chi connectivity index (χ0n) is 11.4. The molecule has 0 saturated carbocycles. The summed E-state index contributed by atoms with van der Waals surface area (Å²) in [6.07, 6.45) is 1.78. The smallest absolute Gasteiger partial charge is 0.170 e. The molecule has 1 aromatic carbocycles. The Bertz CT molecular complexity index is 541. The zero-order valence-corrected chi connectivity index (χ0v) is 13.1. The van der Waals surface area contributed by atoms with Crippen LogP contribution in [0.25, 0.3) is 0 Å². The van der Waals surface area contributed by atoms with E-state index in [4.69, 9.17) is 12.2 Å².